The van der Waals surface area contributed by atoms with E-state index in [0.29, 0.717) is 35.5 Å². The van der Waals surface area contributed by atoms with E-state index in [1.165, 1.54) is 18.2 Å². The average molecular weight is 467 g/mol. The first-order valence-electron chi connectivity index (χ1n) is 9.55. The van der Waals surface area contributed by atoms with Crippen molar-refractivity contribution in [1.82, 2.24) is 0 Å². The summed E-state index contributed by atoms with van der Waals surface area (Å²) >= 11 is 0. The predicted molar refractivity (Wildman–Crippen MR) is 114 cm³/mol. The molecule has 0 heterocycles. The SMILES string of the molecule is Cc1cc(C(=O)Nc2ccc(C(c3ccc(N)cc3)(C(F)(F)F)C(F)(F)F)cc2)ccc1N. The zero-order chi connectivity index (χ0) is 24.6. The fourth-order valence-corrected chi connectivity index (χ4v) is 3.54. The van der Waals surface area contributed by atoms with Gasteiger partial charge in [-0.2, -0.15) is 26.3 Å². The number of alkyl halides is 6. The van der Waals surface area contributed by atoms with Crippen molar-refractivity contribution in [1.29, 1.82) is 0 Å². The van der Waals surface area contributed by atoms with Crippen LogP contribution in [0.2, 0.25) is 0 Å². The van der Waals surface area contributed by atoms with Gasteiger partial charge in [-0.1, -0.05) is 24.3 Å². The standard InChI is InChI=1S/C23H19F6N3O/c1-13-12-14(2-11-19(13)31)20(33)32-18-9-5-16(6-10-18)21(22(24,25)26,23(27,28)29)15-3-7-17(30)8-4-15/h2-12H,30-31H2,1H3,(H,32,33). The van der Waals surface area contributed by atoms with Crippen molar-refractivity contribution in [3.63, 3.8) is 0 Å². The highest BCUT2D eigenvalue weighted by Crippen LogP contribution is 2.56. The second-order valence-electron chi connectivity index (χ2n) is 7.47. The lowest BCUT2D eigenvalue weighted by atomic mass is 9.73. The van der Waals surface area contributed by atoms with E-state index >= 15 is 0 Å². The summed E-state index contributed by atoms with van der Waals surface area (Å²) < 4.78 is 84.7. The second-order valence-corrected chi connectivity index (χ2v) is 7.47. The van der Waals surface area contributed by atoms with Crippen LogP contribution in [0.25, 0.3) is 0 Å². The number of anilines is 3. The van der Waals surface area contributed by atoms with Gasteiger partial charge in [-0.05, 0) is 66.1 Å². The lowest BCUT2D eigenvalue weighted by Crippen LogP contribution is -2.54. The molecule has 0 saturated heterocycles. The Bertz CT molecular complexity index is 1140. The smallest absolute Gasteiger partial charge is 0.399 e. The minimum atomic E-state index is -5.71. The maximum Gasteiger partial charge on any atom is 0.411 e. The Labute approximate surface area is 185 Å². The molecule has 10 heteroatoms. The van der Waals surface area contributed by atoms with Crippen LogP contribution in [0.3, 0.4) is 0 Å². The van der Waals surface area contributed by atoms with Crippen LogP contribution >= 0.6 is 0 Å². The van der Waals surface area contributed by atoms with E-state index in [1.807, 2.05) is 0 Å². The van der Waals surface area contributed by atoms with Crippen molar-refractivity contribution in [3.05, 3.63) is 89.0 Å². The molecule has 0 aromatic heterocycles. The lowest BCUT2D eigenvalue weighted by Gasteiger charge is -2.38. The highest BCUT2D eigenvalue weighted by molar-refractivity contribution is 6.04. The Balaban J connectivity index is 2.03. The highest BCUT2D eigenvalue weighted by atomic mass is 19.4. The number of nitrogens with two attached hydrogens (primary N) is 2. The third-order valence-electron chi connectivity index (χ3n) is 5.30. The fourth-order valence-electron chi connectivity index (χ4n) is 3.54. The van der Waals surface area contributed by atoms with Crippen LogP contribution in [-0.4, -0.2) is 18.3 Å². The fraction of sp³-hybridized carbons (Fsp3) is 0.174. The third kappa shape index (κ3) is 4.33. The highest BCUT2D eigenvalue weighted by Gasteiger charge is 2.72. The zero-order valence-electron chi connectivity index (χ0n) is 17.2. The maximum atomic E-state index is 14.1. The monoisotopic (exact) mass is 467 g/mol. The van der Waals surface area contributed by atoms with E-state index < -0.39 is 34.8 Å². The van der Waals surface area contributed by atoms with Gasteiger partial charge in [0.05, 0.1) is 0 Å². The number of nitrogen functional groups attached to an aromatic ring is 2. The summed E-state index contributed by atoms with van der Waals surface area (Å²) in [5.41, 5.74) is 6.17. The Morgan fingerprint density at radius 2 is 1.24 bits per heavy atom. The quantitative estimate of drug-likeness (QED) is 0.334. The first-order valence-corrected chi connectivity index (χ1v) is 9.55. The molecule has 0 unspecified atom stereocenters. The largest absolute Gasteiger partial charge is 0.411 e. The first-order chi connectivity index (χ1) is 15.3. The molecular formula is C23H19F6N3O. The molecule has 5 N–H and O–H groups in total. The Morgan fingerprint density at radius 1 is 0.758 bits per heavy atom. The van der Waals surface area contributed by atoms with E-state index in [9.17, 15) is 31.1 Å². The van der Waals surface area contributed by atoms with Crippen molar-refractivity contribution in [2.24, 2.45) is 0 Å². The van der Waals surface area contributed by atoms with Gasteiger partial charge in [0.2, 0.25) is 5.41 Å². The molecule has 33 heavy (non-hydrogen) atoms. The van der Waals surface area contributed by atoms with Gasteiger partial charge in [0, 0.05) is 22.6 Å². The summed E-state index contributed by atoms with van der Waals surface area (Å²) in [5, 5.41) is 2.45. The van der Waals surface area contributed by atoms with Gasteiger partial charge in [-0.15, -0.1) is 0 Å². The van der Waals surface area contributed by atoms with Crippen LogP contribution in [0, 0.1) is 6.92 Å². The van der Waals surface area contributed by atoms with Crippen molar-refractivity contribution >= 4 is 23.0 Å². The van der Waals surface area contributed by atoms with Gasteiger partial charge in [-0.3, -0.25) is 4.79 Å². The van der Waals surface area contributed by atoms with E-state index in [0.717, 1.165) is 24.3 Å². The minimum Gasteiger partial charge on any atom is -0.399 e. The molecule has 3 rings (SSSR count). The normalized spacial score (nSPS) is 12.5. The number of hydrogen-bond donors (Lipinski definition) is 3. The van der Waals surface area contributed by atoms with Gasteiger partial charge in [0.15, 0.2) is 0 Å². The minimum absolute atomic E-state index is 0.0213. The van der Waals surface area contributed by atoms with Gasteiger partial charge in [0.25, 0.3) is 5.91 Å². The first kappa shape index (κ1) is 24.0. The predicted octanol–water partition coefficient (Wildman–Crippen LogP) is 5.82. The zero-order valence-corrected chi connectivity index (χ0v) is 17.2. The van der Waals surface area contributed by atoms with E-state index in [4.69, 9.17) is 11.5 Å². The van der Waals surface area contributed by atoms with Crippen molar-refractivity contribution in [3.8, 4) is 0 Å². The third-order valence-corrected chi connectivity index (χ3v) is 5.30. The van der Waals surface area contributed by atoms with E-state index in [2.05, 4.69) is 5.32 Å². The number of halogens is 6. The number of nitrogens with one attached hydrogen (secondary N) is 1. The number of hydrogen-bond acceptors (Lipinski definition) is 3. The second kappa shape index (κ2) is 8.34. The lowest BCUT2D eigenvalue weighted by molar-refractivity contribution is -0.288. The molecule has 0 spiro atoms. The van der Waals surface area contributed by atoms with Crippen molar-refractivity contribution in [2.75, 3.05) is 16.8 Å². The topological polar surface area (TPSA) is 81.1 Å². The number of carbonyl (C=O) groups is 1. The molecule has 0 aliphatic heterocycles. The van der Waals surface area contributed by atoms with Crippen LogP contribution in [0.15, 0.2) is 66.7 Å². The van der Waals surface area contributed by atoms with E-state index in [1.54, 1.807) is 6.92 Å². The molecule has 0 aliphatic carbocycles. The summed E-state index contributed by atoms with van der Waals surface area (Å²) in [6.45, 7) is 1.69. The van der Waals surface area contributed by atoms with Crippen LogP contribution in [0.1, 0.15) is 27.0 Å². The van der Waals surface area contributed by atoms with Gasteiger partial charge in [0.1, 0.15) is 0 Å². The average Bonchev–Trinajstić information content (AvgIpc) is 2.71. The van der Waals surface area contributed by atoms with Gasteiger partial charge < -0.3 is 16.8 Å². The Morgan fingerprint density at radius 3 is 1.70 bits per heavy atom. The molecule has 174 valence electrons. The van der Waals surface area contributed by atoms with Crippen LogP contribution < -0.4 is 16.8 Å². The molecule has 3 aromatic carbocycles. The van der Waals surface area contributed by atoms with Crippen LogP contribution in [-0.2, 0) is 5.41 Å². The molecule has 0 aliphatic rings. The number of amides is 1. The molecule has 0 bridgehead atoms. The molecule has 4 nitrogen and oxygen atoms in total. The number of carbonyl (C=O) groups excluding carboxylic acids is 1. The summed E-state index contributed by atoms with van der Waals surface area (Å²) in [4.78, 5) is 12.4. The van der Waals surface area contributed by atoms with Gasteiger partial charge in [-0.25, -0.2) is 0 Å². The number of benzene rings is 3. The summed E-state index contributed by atoms with van der Waals surface area (Å²) in [6, 6.07) is 11.2. The van der Waals surface area contributed by atoms with E-state index in [-0.39, 0.29) is 16.9 Å². The molecule has 0 saturated carbocycles. The molecule has 3 aromatic rings. The molecule has 1 amide bonds. The molecule has 0 atom stereocenters. The van der Waals surface area contributed by atoms with Crippen molar-refractivity contribution < 1.29 is 31.1 Å². The molecule has 0 fully saturated rings. The van der Waals surface area contributed by atoms with Crippen LogP contribution in [0.5, 0.6) is 0 Å². The molecular weight excluding hydrogens is 448 g/mol. The van der Waals surface area contributed by atoms with Crippen molar-refractivity contribution in [2.45, 2.75) is 24.7 Å². The number of aryl methyl sites for hydroxylation is 1. The van der Waals surface area contributed by atoms with Gasteiger partial charge >= 0.3 is 12.4 Å². The summed E-state index contributed by atoms with van der Waals surface area (Å²) in [5.74, 6) is -0.595. The van der Waals surface area contributed by atoms with Crippen LogP contribution in [0.4, 0.5) is 43.4 Å². The Hall–Kier alpha value is -3.69. The Kier molecular flexibility index (Phi) is 6.06. The number of rotatable bonds is 4. The maximum absolute atomic E-state index is 14.1. The summed E-state index contributed by atoms with van der Waals surface area (Å²) in [6.07, 6.45) is -11.4. The summed E-state index contributed by atoms with van der Waals surface area (Å²) in [7, 11) is 0. The molecule has 0 radical (unpaired) electrons.